The van der Waals surface area contributed by atoms with Gasteiger partial charge in [0, 0.05) is 11.6 Å². The first kappa shape index (κ1) is 15.8. The molecule has 1 aliphatic heterocycles. The highest BCUT2D eigenvalue weighted by molar-refractivity contribution is 6.30. The molecule has 21 heavy (non-hydrogen) atoms. The van der Waals surface area contributed by atoms with Crippen molar-refractivity contribution >= 4 is 23.4 Å². The van der Waals surface area contributed by atoms with Gasteiger partial charge in [-0.15, -0.1) is 0 Å². The molecule has 114 valence electrons. The summed E-state index contributed by atoms with van der Waals surface area (Å²) >= 11 is 5.90. The summed E-state index contributed by atoms with van der Waals surface area (Å²) in [4.78, 5) is 24.3. The van der Waals surface area contributed by atoms with E-state index in [1.165, 1.54) is 0 Å². The zero-order chi connectivity index (χ0) is 15.2. The Hall–Kier alpha value is -1.59. The first-order valence-corrected chi connectivity index (χ1v) is 7.56. The number of nitrogens with two attached hydrogens (primary N) is 1. The van der Waals surface area contributed by atoms with Crippen molar-refractivity contribution < 1.29 is 14.5 Å². The lowest BCUT2D eigenvalue weighted by molar-refractivity contribution is -0.899. The summed E-state index contributed by atoms with van der Waals surface area (Å²) in [5, 5.41) is 3.54. The Morgan fingerprint density at radius 1 is 1.43 bits per heavy atom. The lowest BCUT2D eigenvalue weighted by Gasteiger charge is -2.27. The van der Waals surface area contributed by atoms with Crippen LogP contribution in [0.4, 0.5) is 0 Å². The number of carbonyl (C=O) groups excluding carboxylic acids is 2. The third-order valence-corrected chi connectivity index (χ3v) is 4.04. The topological polar surface area (TPSA) is 76.6 Å². The second-order valence-corrected chi connectivity index (χ2v) is 5.97. The smallest absolute Gasteiger partial charge is 0.275 e. The summed E-state index contributed by atoms with van der Waals surface area (Å²) in [5.41, 5.74) is 6.32. The highest BCUT2D eigenvalue weighted by Gasteiger charge is 2.28. The van der Waals surface area contributed by atoms with Gasteiger partial charge >= 0.3 is 0 Å². The largest absolute Gasteiger partial charge is 0.369 e. The maximum atomic E-state index is 12.0. The molecule has 0 saturated carbocycles. The SMILES string of the molecule is NC(=O)[C@H]1CCC[NH+](CC(=O)NCc2cccc(Cl)c2)C1. The van der Waals surface area contributed by atoms with Gasteiger partial charge in [-0.1, -0.05) is 23.7 Å². The fourth-order valence-electron chi connectivity index (χ4n) is 2.69. The number of piperidine rings is 1. The van der Waals surface area contributed by atoms with Crippen LogP contribution in [0.3, 0.4) is 0 Å². The van der Waals surface area contributed by atoms with Crippen LogP contribution in [0.15, 0.2) is 24.3 Å². The molecular weight excluding hydrogens is 290 g/mol. The molecular formula is C15H21ClN3O2+. The maximum absolute atomic E-state index is 12.0. The third-order valence-electron chi connectivity index (χ3n) is 3.81. The molecule has 4 N–H and O–H groups in total. The van der Waals surface area contributed by atoms with E-state index >= 15 is 0 Å². The Kier molecular flexibility index (Phi) is 5.59. The number of nitrogens with one attached hydrogen (secondary N) is 2. The van der Waals surface area contributed by atoms with Crippen molar-refractivity contribution in [1.82, 2.24) is 5.32 Å². The number of benzene rings is 1. The van der Waals surface area contributed by atoms with Crippen LogP contribution >= 0.6 is 11.6 Å². The van der Waals surface area contributed by atoms with Gasteiger partial charge < -0.3 is 16.0 Å². The van der Waals surface area contributed by atoms with Gasteiger partial charge in [0.25, 0.3) is 5.91 Å². The van der Waals surface area contributed by atoms with Crippen molar-refractivity contribution in [3.05, 3.63) is 34.9 Å². The molecule has 1 aromatic rings. The molecule has 1 aromatic carbocycles. The van der Waals surface area contributed by atoms with Crippen molar-refractivity contribution in [2.75, 3.05) is 19.6 Å². The minimum Gasteiger partial charge on any atom is -0.369 e. The van der Waals surface area contributed by atoms with E-state index in [4.69, 9.17) is 17.3 Å². The fraction of sp³-hybridized carbons (Fsp3) is 0.467. The number of likely N-dealkylation sites (tertiary alicyclic amines) is 1. The van der Waals surface area contributed by atoms with E-state index in [0.717, 1.165) is 29.8 Å². The van der Waals surface area contributed by atoms with Crippen molar-refractivity contribution in [2.24, 2.45) is 11.7 Å². The summed E-state index contributed by atoms with van der Waals surface area (Å²) in [6.45, 7) is 2.41. The number of amides is 2. The standard InChI is InChI=1S/C15H20ClN3O2/c16-13-5-1-3-11(7-13)8-18-14(20)10-19-6-2-4-12(9-19)15(17)21/h1,3,5,7,12H,2,4,6,8-10H2,(H2,17,21)(H,18,20)/p+1/t12-/m0/s1. The number of quaternary nitrogens is 1. The van der Waals surface area contributed by atoms with Gasteiger partial charge in [0.05, 0.1) is 19.0 Å². The predicted octanol–water partition coefficient (Wildman–Crippen LogP) is -0.264. The first-order valence-electron chi connectivity index (χ1n) is 7.18. The number of rotatable bonds is 5. The van der Waals surface area contributed by atoms with Crippen LogP contribution in [0.5, 0.6) is 0 Å². The van der Waals surface area contributed by atoms with Crippen LogP contribution in [-0.4, -0.2) is 31.4 Å². The van der Waals surface area contributed by atoms with Crippen LogP contribution in [0.25, 0.3) is 0 Å². The molecule has 0 aliphatic carbocycles. The minimum atomic E-state index is -0.258. The van der Waals surface area contributed by atoms with Crippen molar-refractivity contribution in [1.29, 1.82) is 0 Å². The lowest BCUT2D eigenvalue weighted by Crippen LogP contribution is -3.14. The van der Waals surface area contributed by atoms with E-state index in [1.54, 1.807) is 6.07 Å². The molecule has 6 heteroatoms. The second kappa shape index (κ2) is 7.43. The Labute approximate surface area is 129 Å². The fourth-order valence-corrected chi connectivity index (χ4v) is 2.90. The molecule has 1 saturated heterocycles. The number of halogens is 1. The van der Waals surface area contributed by atoms with Gasteiger partial charge in [0.15, 0.2) is 6.54 Å². The van der Waals surface area contributed by atoms with Gasteiger partial charge in [-0.05, 0) is 30.5 Å². The Bertz CT molecular complexity index is 521. The molecule has 0 aromatic heterocycles. The van der Waals surface area contributed by atoms with Gasteiger partial charge in [-0.3, -0.25) is 9.59 Å². The van der Waals surface area contributed by atoms with E-state index < -0.39 is 0 Å². The van der Waals surface area contributed by atoms with Crippen molar-refractivity contribution in [3.8, 4) is 0 Å². The van der Waals surface area contributed by atoms with E-state index in [2.05, 4.69) is 5.32 Å². The van der Waals surface area contributed by atoms with E-state index in [0.29, 0.717) is 24.7 Å². The highest BCUT2D eigenvalue weighted by Crippen LogP contribution is 2.10. The molecule has 2 amide bonds. The van der Waals surface area contributed by atoms with Gasteiger partial charge in [-0.2, -0.15) is 0 Å². The van der Waals surface area contributed by atoms with Crippen molar-refractivity contribution in [2.45, 2.75) is 19.4 Å². The molecule has 1 aliphatic rings. The molecule has 5 nitrogen and oxygen atoms in total. The van der Waals surface area contributed by atoms with Crippen LogP contribution in [0.1, 0.15) is 18.4 Å². The first-order chi connectivity index (χ1) is 10.0. The van der Waals surface area contributed by atoms with Gasteiger partial charge in [-0.25, -0.2) is 0 Å². The van der Waals surface area contributed by atoms with E-state index in [9.17, 15) is 9.59 Å². The lowest BCUT2D eigenvalue weighted by atomic mass is 9.97. The zero-order valence-corrected chi connectivity index (χ0v) is 12.7. The van der Waals surface area contributed by atoms with Crippen LogP contribution in [-0.2, 0) is 16.1 Å². The molecule has 1 heterocycles. The second-order valence-electron chi connectivity index (χ2n) is 5.53. The predicted molar refractivity (Wildman–Crippen MR) is 80.8 cm³/mol. The number of hydrogen-bond acceptors (Lipinski definition) is 2. The monoisotopic (exact) mass is 310 g/mol. The van der Waals surface area contributed by atoms with Crippen LogP contribution < -0.4 is 16.0 Å². The van der Waals surface area contributed by atoms with E-state index in [1.807, 2.05) is 18.2 Å². The molecule has 1 unspecified atom stereocenters. The zero-order valence-electron chi connectivity index (χ0n) is 11.9. The average molecular weight is 311 g/mol. The Morgan fingerprint density at radius 2 is 2.24 bits per heavy atom. The number of hydrogen-bond donors (Lipinski definition) is 3. The highest BCUT2D eigenvalue weighted by atomic mass is 35.5. The number of carbonyl (C=O) groups is 2. The maximum Gasteiger partial charge on any atom is 0.275 e. The van der Waals surface area contributed by atoms with Gasteiger partial charge in [0.2, 0.25) is 5.91 Å². The summed E-state index contributed by atoms with van der Waals surface area (Å²) in [6, 6.07) is 7.41. The molecule has 0 radical (unpaired) electrons. The normalized spacial score (nSPS) is 21.8. The molecule has 2 atom stereocenters. The third kappa shape index (κ3) is 5.02. The molecule has 0 bridgehead atoms. The Balaban J connectivity index is 1.78. The molecule has 0 spiro atoms. The summed E-state index contributed by atoms with van der Waals surface area (Å²) in [7, 11) is 0. The average Bonchev–Trinajstić information content (AvgIpc) is 2.45. The minimum absolute atomic E-state index is 0.0184. The summed E-state index contributed by atoms with van der Waals surface area (Å²) < 4.78 is 0. The molecule has 2 rings (SSSR count). The van der Waals surface area contributed by atoms with E-state index in [-0.39, 0.29) is 17.7 Å². The summed E-state index contributed by atoms with van der Waals surface area (Å²) in [5.74, 6) is -0.379. The van der Waals surface area contributed by atoms with Gasteiger partial charge in [0.1, 0.15) is 0 Å². The van der Waals surface area contributed by atoms with Crippen LogP contribution in [0.2, 0.25) is 5.02 Å². The quantitative estimate of drug-likeness (QED) is 0.700. The molecule has 1 fully saturated rings. The van der Waals surface area contributed by atoms with Crippen molar-refractivity contribution in [3.63, 3.8) is 0 Å². The number of primary amides is 1. The Morgan fingerprint density at radius 3 is 2.95 bits per heavy atom. The van der Waals surface area contributed by atoms with Crippen LogP contribution in [0, 0.1) is 5.92 Å². The summed E-state index contributed by atoms with van der Waals surface area (Å²) in [6.07, 6.45) is 1.77.